The Balaban J connectivity index is 1.26. The van der Waals surface area contributed by atoms with Gasteiger partial charge in [-0.3, -0.25) is 14.6 Å². The van der Waals surface area contributed by atoms with Gasteiger partial charge in [0.2, 0.25) is 0 Å². The van der Waals surface area contributed by atoms with Gasteiger partial charge in [-0.1, -0.05) is 31.8 Å². The Hall–Kier alpha value is -3.31. The first kappa shape index (κ1) is 24.7. The average Bonchev–Trinajstić information content (AvgIpc) is 3.72. The minimum atomic E-state index is -0.374. The number of aromatic nitrogens is 1. The maximum Gasteiger partial charge on any atom is 0.195 e. The fraction of sp³-hybridized carbons (Fsp3) is 0.469. The number of ether oxygens (including phenoxy) is 1. The molecule has 2 aromatic carbocycles. The third-order valence-electron chi connectivity index (χ3n) is 9.08. The number of nitrogen functional groups attached to an aromatic ring is 1. The number of morpholine rings is 1. The summed E-state index contributed by atoms with van der Waals surface area (Å²) in [5.41, 5.74) is 12.8. The lowest BCUT2D eigenvalue weighted by molar-refractivity contribution is 0.103. The van der Waals surface area contributed by atoms with Crippen molar-refractivity contribution in [3.63, 3.8) is 0 Å². The molecule has 1 saturated carbocycles. The third-order valence-corrected chi connectivity index (χ3v) is 9.08. The summed E-state index contributed by atoms with van der Waals surface area (Å²) in [4.78, 5) is 25.1. The largest absolute Gasteiger partial charge is 0.399 e. The monoisotopic (exact) mass is 523 g/mol. The molecule has 7 rings (SSSR count). The number of aromatic amines is 1. The average molecular weight is 524 g/mol. The van der Waals surface area contributed by atoms with Crippen LogP contribution in [0.15, 0.2) is 30.3 Å². The van der Waals surface area contributed by atoms with E-state index in [0.717, 1.165) is 96.4 Å². The van der Waals surface area contributed by atoms with Gasteiger partial charge < -0.3 is 20.4 Å². The first-order valence-corrected chi connectivity index (χ1v) is 14.3. The van der Waals surface area contributed by atoms with Gasteiger partial charge in [-0.15, -0.1) is 0 Å². The lowest BCUT2D eigenvalue weighted by Crippen LogP contribution is -2.47. The highest BCUT2D eigenvalue weighted by Crippen LogP contribution is 2.45. The molecule has 1 aromatic heterocycles. The van der Waals surface area contributed by atoms with Crippen LogP contribution in [0.4, 0.5) is 11.4 Å². The molecule has 3 heterocycles. The fourth-order valence-corrected chi connectivity index (χ4v) is 6.62. The van der Waals surface area contributed by atoms with E-state index in [4.69, 9.17) is 10.5 Å². The van der Waals surface area contributed by atoms with E-state index >= 15 is 0 Å². The molecule has 0 spiro atoms. The predicted molar refractivity (Wildman–Crippen MR) is 156 cm³/mol. The van der Waals surface area contributed by atoms with Crippen LogP contribution in [-0.4, -0.2) is 85.6 Å². The zero-order valence-electron chi connectivity index (χ0n) is 23.0. The molecule has 3 fully saturated rings. The van der Waals surface area contributed by atoms with E-state index in [1.807, 2.05) is 18.2 Å². The summed E-state index contributed by atoms with van der Waals surface area (Å²) in [6.45, 7) is 12.6. The second-order valence-corrected chi connectivity index (χ2v) is 12.0. The molecule has 0 unspecified atom stereocenters. The lowest BCUT2D eigenvalue weighted by atomic mass is 9.70. The normalized spacial score (nSPS) is 21.4. The Labute approximate surface area is 230 Å². The molecule has 7 heteroatoms. The van der Waals surface area contributed by atoms with Gasteiger partial charge in [0.25, 0.3) is 0 Å². The number of anilines is 2. The van der Waals surface area contributed by atoms with Crippen LogP contribution in [0.25, 0.3) is 10.9 Å². The maximum atomic E-state index is 14.1. The first-order chi connectivity index (χ1) is 18.9. The van der Waals surface area contributed by atoms with Crippen LogP contribution in [0.2, 0.25) is 0 Å². The number of nitrogens with one attached hydrogen (secondary N) is 1. The van der Waals surface area contributed by atoms with Gasteiger partial charge in [0.1, 0.15) is 0 Å². The summed E-state index contributed by atoms with van der Waals surface area (Å²) < 4.78 is 5.65. The van der Waals surface area contributed by atoms with Crippen molar-refractivity contribution in [2.75, 3.05) is 69.7 Å². The Morgan fingerprint density at radius 2 is 1.82 bits per heavy atom. The molecule has 2 aliphatic carbocycles. The fourth-order valence-electron chi connectivity index (χ4n) is 6.62. The van der Waals surface area contributed by atoms with Crippen molar-refractivity contribution in [1.82, 2.24) is 14.8 Å². The summed E-state index contributed by atoms with van der Waals surface area (Å²) in [7, 11) is 0. The second-order valence-electron chi connectivity index (χ2n) is 12.0. The van der Waals surface area contributed by atoms with Crippen LogP contribution >= 0.6 is 0 Å². The van der Waals surface area contributed by atoms with Crippen molar-refractivity contribution in [3.05, 3.63) is 58.3 Å². The van der Waals surface area contributed by atoms with Crippen LogP contribution in [0.1, 0.15) is 59.4 Å². The molecular formula is C32H37N5O2. The summed E-state index contributed by atoms with van der Waals surface area (Å²) in [6, 6.07) is 10.9. The van der Waals surface area contributed by atoms with Crippen molar-refractivity contribution < 1.29 is 9.53 Å². The molecule has 39 heavy (non-hydrogen) atoms. The van der Waals surface area contributed by atoms with E-state index in [2.05, 4.69) is 57.5 Å². The Morgan fingerprint density at radius 3 is 2.56 bits per heavy atom. The molecule has 3 aromatic rings. The summed E-state index contributed by atoms with van der Waals surface area (Å²) in [6.07, 6.45) is 2.73. The molecule has 0 bridgehead atoms. The van der Waals surface area contributed by atoms with E-state index in [0.29, 0.717) is 18.9 Å². The lowest BCUT2D eigenvalue weighted by Gasteiger charge is -2.36. The molecule has 2 saturated heterocycles. The van der Waals surface area contributed by atoms with Gasteiger partial charge in [-0.25, -0.2) is 0 Å². The molecule has 0 radical (unpaired) electrons. The molecule has 2 aliphatic heterocycles. The van der Waals surface area contributed by atoms with Crippen molar-refractivity contribution in [2.45, 2.75) is 38.1 Å². The number of hydrogen-bond donors (Lipinski definition) is 2. The van der Waals surface area contributed by atoms with E-state index in [1.165, 1.54) is 12.8 Å². The van der Waals surface area contributed by atoms with Crippen molar-refractivity contribution in [1.29, 1.82) is 0 Å². The SMILES string of the molecule is CC1(C)c2cc(N3CCOCC3)c(C#CCN3CCN(C4CC4)CC3)cc2C(=O)c2c1[nH]c1cc(N)ccc21. The number of hydrogen-bond acceptors (Lipinski definition) is 6. The quantitative estimate of drug-likeness (QED) is 0.404. The van der Waals surface area contributed by atoms with Crippen LogP contribution < -0.4 is 10.6 Å². The minimum Gasteiger partial charge on any atom is -0.399 e. The zero-order valence-corrected chi connectivity index (χ0v) is 23.0. The summed E-state index contributed by atoms with van der Waals surface area (Å²) >= 11 is 0. The Bertz CT molecular complexity index is 1510. The predicted octanol–water partition coefficient (Wildman–Crippen LogP) is 3.59. The minimum absolute atomic E-state index is 0.0584. The van der Waals surface area contributed by atoms with Gasteiger partial charge >= 0.3 is 0 Å². The number of rotatable bonds is 3. The van der Waals surface area contributed by atoms with Crippen molar-refractivity contribution in [2.24, 2.45) is 0 Å². The zero-order chi connectivity index (χ0) is 26.7. The highest BCUT2D eigenvalue weighted by molar-refractivity contribution is 6.20. The standard InChI is InChI=1S/C32H37N5O2/c1-32(2)26-20-28(37-14-16-39-17-15-37)21(4-3-9-35-10-12-36(13-11-35)23-6-7-23)18-25(26)30(38)29-24-8-5-22(33)19-27(24)34-31(29)32/h5,8,18-20,23,34H,6-7,9-17,33H2,1-2H3. The second kappa shape index (κ2) is 9.41. The molecule has 4 aliphatic rings. The van der Waals surface area contributed by atoms with E-state index in [1.54, 1.807) is 0 Å². The van der Waals surface area contributed by atoms with Gasteiger partial charge in [-0.05, 0) is 42.7 Å². The van der Waals surface area contributed by atoms with Crippen LogP contribution in [0, 0.1) is 11.8 Å². The van der Waals surface area contributed by atoms with Gasteiger partial charge in [0.15, 0.2) is 5.78 Å². The topological polar surface area (TPSA) is 77.8 Å². The number of nitrogens with two attached hydrogens (primary N) is 1. The number of ketones is 1. The van der Waals surface area contributed by atoms with Gasteiger partial charge in [0, 0.05) is 84.1 Å². The summed E-state index contributed by atoms with van der Waals surface area (Å²) in [5, 5.41) is 0.929. The Morgan fingerprint density at radius 1 is 1.05 bits per heavy atom. The number of piperazine rings is 1. The number of H-pyrrole nitrogens is 1. The molecular weight excluding hydrogens is 486 g/mol. The van der Waals surface area contributed by atoms with Gasteiger partial charge in [0.05, 0.1) is 31.0 Å². The number of carbonyl (C=O) groups excluding carboxylic acids is 1. The van der Waals surface area contributed by atoms with Crippen LogP contribution in [0.5, 0.6) is 0 Å². The summed E-state index contributed by atoms with van der Waals surface area (Å²) in [5.74, 6) is 7.03. The molecule has 0 atom stereocenters. The molecule has 7 nitrogen and oxygen atoms in total. The molecule has 202 valence electrons. The number of carbonyl (C=O) groups is 1. The van der Waals surface area contributed by atoms with Crippen molar-refractivity contribution >= 4 is 28.1 Å². The molecule has 0 amide bonds. The highest BCUT2D eigenvalue weighted by atomic mass is 16.5. The van der Waals surface area contributed by atoms with E-state index in [-0.39, 0.29) is 11.2 Å². The van der Waals surface area contributed by atoms with Crippen molar-refractivity contribution in [3.8, 4) is 11.8 Å². The van der Waals surface area contributed by atoms with E-state index in [9.17, 15) is 4.79 Å². The van der Waals surface area contributed by atoms with Gasteiger partial charge in [-0.2, -0.15) is 0 Å². The third kappa shape index (κ3) is 4.31. The van der Waals surface area contributed by atoms with E-state index < -0.39 is 0 Å². The van der Waals surface area contributed by atoms with Crippen LogP contribution in [0.3, 0.4) is 0 Å². The Kier molecular flexibility index (Phi) is 5.96. The van der Waals surface area contributed by atoms with Crippen LogP contribution in [-0.2, 0) is 10.2 Å². The smallest absolute Gasteiger partial charge is 0.195 e. The molecule has 3 N–H and O–H groups in total. The number of fused-ring (bicyclic) bond motifs is 4. The highest BCUT2D eigenvalue weighted by Gasteiger charge is 2.40. The first-order valence-electron chi connectivity index (χ1n) is 14.3. The maximum absolute atomic E-state index is 14.1. The number of nitrogens with zero attached hydrogens (tertiary/aromatic N) is 3. The number of benzene rings is 2.